The van der Waals surface area contributed by atoms with Crippen LogP contribution in [0.5, 0.6) is 0 Å². The minimum Gasteiger partial charge on any atom is -0.478 e. The van der Waals surface area contributed by atoms with Crippen LogP contribution in [0, 0.1) is 6.92 Å². The van der Waals surface area contributed by atoms with Crippen LogP contribution in [0.4, 0.5) is 0 Å². The molecule has 5 nitrogen and oxygen atoms in total. The van der Waals surface area contributed by atoms with E-state index in [-0.39, 0.29) is 10.7 Å². The Balaban J connectivity index is 2.18. The Bertz CT molecular complexity index is 1010. The fourth-order valence-corrected chi connectivity index (χ4v) is 3.50. The first kappa shape index (κ1) is 18.4. The SMILES string of the molecule is CCC1(C)OC(c2ccc(S(N)(=O)=O)cc2)=C(c2cccc(C)c2)C1=O. The highest BCUT2D eigenvalue weighted by atomic mass is 32.2. The summed E-state index contributed by atoms with van der Waals surface area (Å²) >= 11 is 0. The van der Waals surface area contributed by atoms with Crippen molar-refractivity contribution >= 4 is 27.1 Å². The smallest absolute Gasteiger partial charge is 0.238 e. The molecule has 1 unspecified atom stereocenters. The monoisotopic (exact) mass is 371 g/mol. The molecule has 2 N–H and O–H groups in total. The number of rotatable bonds is 4. The third kappa shape index (κ3) is 3.18. The summed E-state index contributed by atoms with van der Waals surface area (Å²) in [7, 11) is -3.78. The van der Waals surface area contributed by atoms with Crippen molar-refractivity contribution in [2.45, 2.75) is 37.7 Å². The van der Waals surface area contributed by atoms with Crippen LogP contribution in [0.15, 0.2) is 53.4 Å². The van der Waals surface area contributed by atoms with Gasteiger partial charge in [-0.25, -0.2) is 13.6 Å². The van der Waals surface area contributed by atoms with Crippen LogP contribution in [0.3, 0.4) is 0 Å². The summed E-state index contributed by atoms with van der Waals surface area (Å²) in [5.41, 5.74) is 2.04. The van der Waals surface area contributed by atoms with Gasteiger partial charge in [-0.2, -0.15) is 0 Å². The second kappa shape index (κ2) is 6.37. The van der Waals surface area contributed by atoms with Crippen LogP contribution in [0.25, 0.3) is 11.3 Å². The summed E-state index contributed by atoms with van der Waals surface area (Å²) in [6.45, 7) is 5.64. The molecule has 0 saturated heterocycles. The number of primary sulfonamides is 1. The third-order valence-corrected chi connectivity index (χ3v) is 5.62. The van der Waals surface area contributed by atoms with E-state index in [1.807, 2.05) is 38.1 Å². The molecule has 26 heavy (non-hydrogen) atoms. The zero-order valence-corrected chi connectivity index (χ0v) is 15.8. The molecule has 1 aliphatic rings. The van der Waals surface area contributed by atoms with E-state index in [4.69, 9.17) is 9.88 Å². The molecule has 136 valence electrons. The predicted octanol–water partition coefficient (Wildman–Crippen LogP) is 3.28. The summed E-state index contributed by atoms with van der Waals surface area (Å²) in [6, 6.07) is 13.7. The fourth-order valence-electron chi connectivity index (χ4n) is 2.98. The standard InChI is InChI=1S/C20H21NO4S/c1-4-20(3)19(22)17(15-7-5-6-13(2)12-15)18(25-20)14-8-10-16(11-9-14)26(21,23)24/h5-12H,4H2,1-3H3,(H2,21,23,24). The molecule has 0 aromatic heterocycles. The van der Waals surface area contributed by atoms with E-state index < -0.39 is 15.6 Å². The van der Waals surface area contributed by atoms with E-state index >= 15 is 0 Å². The summed E-state index contributed by atoms with van der Waals surface area (Å²) < 4.78 is 29.0. The van der Waals surface area contributed by atoms with Crippen molar-refractivity contribution in [3.63, 3.8) is 0 Å². The Morgan fingerprint density at radius 1 is 1.08 bits per heavy atom. The molecule has 0 saturated carbocycles. The molecule has 0 aliphatic carbocycles. The highest BCUT2D eigenvalue weighted by molar-refractivity contribution is 7.89. The summed E-state index contributed by atoms with van der Waals surface area (Å²) in [5.74, 6) is 0.391. The van der Waals surface area contributed by atoms with Crippen LogP contribution >= 0.6 is 0 Å². The first-order valence-corrected chi connectivity index (χ1v) is 9.89. The lowest BCUT2D eigenvalue weighted by molar-refractivity contribution is -0.126. The van der Waals surface area contributed by atoms with Crippen molar-refractivity contribution in [2.75, 3.05) is 0 Å². The van der Waals surface area contributed by atoms with E-state index in [0.29, 0.717) is 23.3 Å². The highest BCUT2D eigenvalue weighted by Gasteiger charge is 2.45. The molecule has 2 aromatic carbocycles. The fraction of sp³-hybridized carbons (Fsp3) is 0.250. The molecule has 6 heteroatoms. The summed E-state index contributed by atoms with van der Waals surface area (Å²) in [6.07, 6.45) is 0.528. The van der Waals surface area contributed by atoms with Crippen molar-refractivity contribution < 1.29 is 17.9 Å². The van der Waals surface area contributed by atoms with Crippen molar-refractivity contribution in [1.82, 2.24) is 0 Å². The molecular weight excluding hydrogens is 350 g/mol. The second-order valence-corrected chi connectivity index (χ2v) is 8.22. The number of ether oxygens (including phenoxy) is 1. The largest absolute Gasteiger partial charge is 0.478 e. The molecule has 2 aromatic rings. The van der Waals surface area contributed by atoms with Gasteiger partial charge >= 0.3 is 0 Å². The number of hydrogen-bond acceptors (Lipinski definition) is 4. The van der Waals surface area contributed by atoms with E-state index in [1.165, 1.54) is 12.1 Å². The highest BCUT2D eigenvalue weighted by Crippen LogP contribution is 2.43. The van der Waals surface area contributed by atoms with Crippen molar-refractivity contribution in [2.24, 2.45) is 5.14 Å². The van der Waals surface area contributed by atoms with Gasteiger partial charge in [0, 0.05) is 5.56 Å². The van der Waals surface area contributed by atoms with E-state index in [9.17, 15) is 13.2 Å². The van der Waals surface area contributed by atoms with E-state index in [0.717, 1.165) is 11.1 Å². The Labute approximate surface area is 153 Å². The van der Waals surface area contributed by atoms with Crippen LogP contribution in [0.1, 0.15) is 37.0 Å². The Hall–Kier alpha value is -2.44. The average molecular weight is 371 g/mol. The number of carbonyl (C=O) groups is 1. The predicted molar refractivity (Wildman–Crippen MR) is 101 cm³/mol. The Morgan fingerprint density at radius 3 is 2.27 bits per heavy atom. The van der Waals surface area contributed by atoms with Crippen LogP contribution < -0.4 is 5.14 Å². The molecule has 1 aliphatic heterocycles. The third-order valence-electron chi connectivity index (χ3n) is 4.69. The Kier molecular flexibility index (Phi) is 4.50. The zero-order valence-electron chi connectivity index (χ0n) is 14.9. The lowest BCUT2D eigenvalue weighted by atomic mass is 9.89. The molecule has 3 rings (SSSR count). The van der Waals surface area contributed by atoms with Gasteiger partial charge in [-0.05, 0) is 50.1 Å². The maximum Gasteiger partial charge on any atom is 0.238 e. The molecular formula is C20H21NO4S. The number of benzene rings is 2. The normalized spacial score (nSPS) is 20.4. The maximum atomic E-state index is 13.1. The van der Waals surface area contributed by atoms with Gasteiger partial charge in [0.2, 0.25) is 15.8 Å². The average Bonchev–Trinajstić information content (AvgIpc) is 2.86. The van der Waals surface area contributed by atoms with Gasteiger partial charge in [-0.1, -0.05) is 36.8 Å². The van der Waals surface area contributed by atoms with Gasteiger partial charge < -0.3 is 4.74 Å². The number of sulfonamides is 1. The molecule has 1 atom stereocenters. The number of ketones is 1. The topological polar surface area (TPSA) is 86.5 Å². The van der Waals surface area contributed by atoms with Crippen LogP contribution in [-0.4, -0.2) is 19.8 Å². The van der Waals surface area contributed by atoms with E-state index in [1.54, 1.807) is 19.1 Å². The Morgan fingerprint density at radius 2 is 1.73 bits per heavy atom. The first-order chi connectivity index (χ1) is 12.2. The maximum absolute atomic E-state index is 13.1. The number of nitrogens with two attached hydrogens (primary N) is 1. The van der Waals surface area contributed by atoms with Gasteiger partial charge in [0.15, 0.2) is 5.60 Å². The molecule has 1 heterocycles. The van der Waals surface area contributed by atoms with Crippen LogP contribution in [-0.2, 0) is 19.6 Å². The molecule has 0 spiro atoms. The minimum atomic E-state index is -3.78. The van der Waals surface area contributed by atoms with Gasteiger partial charge in [-0.15, -0.1) is 0 Å². The summed E-state index contributed by atoms with van der Waals surface area (Å²) in [5, 5.41) is 5.16. The first-order valence-electron chi connectivity index (χ1n) is 8.34. The van der Waals surface area contributed by atoms with Crippen LogP contribution in [0.2, 0.25) is 0 Å². The van der Waals surface area contributed by atoms with Gasteiger partial charge in [-0.3, -0.25) is 4.79 Å². The number of aryl methyl sites for hydroxylation is 1. The number of hydrogen-bond donors (Lipinski definition) is 1. The molecule has 0 fully saturated rings. The van der Waals surface area contributed by atoms with E-state index in [2.05, 4.69) is 0 Å². The molecule has 0 radical (unpaired) electrons. The quantitative estimate of drug-likeness (QED) is 0.893. The van der Waals surface area contributed by atoms with Gasteiger partial charge in [0.1, 0.15) is 5.76 Å². The van der Waals surface area contributed by atoms with Gasteiger partial charge in [0.05, 0.1) is 10.5 Å². The molecule has 0 bridgehead atoms. The lowest BCUT2D eigenvalue weighted by Crippen LogP contribution is -2.32. The van der Waals surface area contributed by atoms with Crippen molar-refractivity contribution in [3.05, 3.63) is 65.2 Å². The summed E-state index contributed by atoms with van der Waals surface area (Å²) in [4.78, 5) is 13.1. The van der Waals surface area contributed by atoms with Crippen molar-refractivity contribution in [3.8, 4) is 0 Å². The number of Topliss-reactive ketones (excluding diaryl/α,β-unsaturated/α-hetero) is 1. The second-order valence-electron chi connectivity index (χ2n) is 6.66. The zero-order chi connectivity index (χ0) is 19.1. The molecule has 0 amide bonds. The van der Waals surface area contributed by atoms with Crippen molar-refractivity contribution in [1.29, 1.82) is 0 Å². The van der Waals surface area contributed by atoms with Gasteiger partial charge in [0.25, 0.3) is 0 Å². The lowest BCUT2D eigenvalue weighted by Gasteiger charge is -2.21. The minimum absolute atomic E-state index is 0.0153. The number of carbonyl (C=O) groups excluding carboxylic acids is 1.